The summed E-state index contributed by atoms with van der Waals surface area (Å²) in [7, 11) is 0. The highest BCUT2D eigenvalue weighted by Gasteiger charge is 2.19. The molecule has 2 nitrogen and oxygen atoms in total. The molecule has 280 valence electrons. The molecule has 10 aromatic carbocycles. The Kier molecular flexibility index (Phi) is 6.39. The predicted octanol–water partition coefficient (Wildman–Crippen LogP) is 15.7. The molecule has 0 aliphatic carbocycles. The summed E-state index contributed by atoms with van der Waals surface area (Å²) in [6.45, 7) is 0. The van der Waals surface area contributed by atoms with Gasteiger partial charge in [-0.15, -0.1) is 0 Å². The van der Waals surface area contributed by atoms with Gasteiger partial charge in [-0.3, -0.25) is 0 Å². The van der Waals surface area contributed by atoms with Gasteiger partial charge in [-0.1, -0.05) is 170 Å². The van der Waals surface area contributed by atoms with Crippen LogP contribution >= 0.6 is 0 Å². The average Bonchev–Trinajstić information content (AvgIpc) is 3.92. The van der Waals surface area contributed by atoms with Crippen molar-refractivity contribution >= 4 is 54.4 Å². The molecule has 12 rings (SSSR count). The van der Waals surface area contributed by atoms with Gasteiger partial charge in [0.1, 0.15) is 0 Å². The third kappa shape index (κ3) is 5.57. The first-order chi connectivity index (χ1) is 32.7. The smallest absolute Gasteiger partial charge is 0.0645 e. The Morgan fingerprint density at radius 2 is 0.967 bits per heavy atom. The highest BCUT2D eigenvalue weighted by atomic mass is 15.0. The summed E-state index contributed by atoms with van der Waals surface area (Å²) in [5.41, 5.74) is 10.7. The fourth-order valence-electron chi connectivity index (χ4n) is 8.89. The van der Waals surface area contributed by atoms with Gasteiger partial charge in [0.25, 0.3) is 0 Å². The van der Waals surface area contributed by atoms with Crippen molar-refractivity contribution in [3.05, 3.63) is 230 Å². The number of para-hydroxylation sites is 2. The standard InChI is InChI=1S/C58H38N2/c1-3-13-39(14-4-1)44-19-11-20-49(36-44)59-55-24-10-9-21-51(55)53-37-46(29-33-56(53)59)47-30-34-57-54(38-47)52-23-12-22-50(42-16-5-2-6-17-42)58(52)60(57)48-31-27-41(28-32-48)45-26-25-40-15-7-8-18-43(40)35-45/h1-38H/i9D,10D,21D,24D,29D,33D,37D. The normalized spacial score (nSPS) is 13.3. The third-order valence-electron chi connectivity index (χ3n) is 11.7. The van der Waals surface area contributed by atoms with E-state index in [9.17, 15) is 6.85 Å². The van der Waals surface area contributed by atoms with Gasteiger partial charge in [0.05, 0.1) is 31.7 Å². The van der Waals surface area contributed by atoms with Crippen LogP contribution in [0.3, 0.4) is 0 Å². The summed E-state index contributed by atoms with van der Waals surface area (Å²) in [6.07, 6.45) is 0. The van der Waals surface area contributed by atoms with Crippen molar-refractivity contribution in [2.24, 2.45) is 0 Å². The molecule has 60 heavy (non-hydrogen) atoms. The second kappa shape index (κ2) is 13.9. The minimum absolute atomic E-state index is 0.0821. The summed E-state index contributed by atoms with van der Waals surface area (Å²) in [5, 5.41) is 4.59. The summed E-state index contributed by atoms with van der Waals surface area (Å²) < 4.78 is 69.1. The molecule has 12 aromatic rings. The lowest BCUT2D eigenvalue weighted by Crippen LogP contribution is -1.96. The molecule has 0 aliphatic rings. The van der Waals surface area contributed by atoms with E-state index < -0.39 is 12.1 Å². The Bertz CT molecular complexity index is 3990. The molecule has 0 aliphatic heterocycles. The zero-order chi connectivity index (χ0) is 45.7. The summed E-state index contributed by atoms with van der Waals surface area (Å²) in [4.78, 5) is 0. The largest absolute Gasteiger partial charge is 0.309 e. The Morgan fingerprint density at radius 3 is 1.82 bits per heavy atom. The number of hydrogen-bond donors (Lipinski definition) is 0. The second-order valence-corrected chi connectivity index (χ2v) is 15.2. The molecule has 0 amide bonds. The van der Waals surface area contributed by atoms with Crippen LogP contribution in [0.2, 0.25) is 0 Å². The van der Waals surface area contributed by atoms with Crippen molar-refractivity contribution in [1.29, 1.82) is 0 Å². The first kappa shape index (κ1) is 27.7. The van der Waals surface area contributed by atoms with Crippen molar-refractivity contribution in [1.82, 2.24) is 9.13 Å². The highest BCUT2D eigenvalue weighted by Crippen LogP contribution is 2.41. The van der Waals surface area contributed by atoms with Crippen LogP contribution < -0.4 is 0 Å². The molecule has 0 radical (unpaired) electrons. The van der Waals surface area contributed by atoms with E-state index in [1.807, 2.05) is 91.0 Å². The molecule has 0 unspecified atom stereocenters. The molecule has 2 heterocycles. The maximum absolute atomic E-state index is 9.96. The van der Waals surface area contributed by atoms with Crippen molar-refractivity contribution in [3.63, 3.8) is 0 Å². The summed E-state index contributed by atoms with van der Waals surface area (Å²) in [6, 6.07) is 61.6. The fourth-order valence-corrected chi connectivity index (χ4v) is 8.89. The molecule has 2 aromatic heterocycles. The Labute approximate surface area is 358 Å². The molecule has 2 heteroatoms. The zero-order valence-corrected chi connectivity index (χ0v) is 32.3. The summed E-state index contributed by atoms with van der Waals surface area (Å²) in [5.74, 6) is 0. The van der Waals surface area contributed by atoms with E-state index in [1.54, 1.807) is 4.57 Å². The number of aromatic nitrogens is 2. The first-order valence-corrected chi connectivity index (χ1v) is 20.1. The van der Waals surface area contributed by atoms with E-state index >= 15 is 0 Å². The number of hydrogen-bond acceptors (Lipinski definition) is 0. The maximum atomic E-state index is 9.96. The number of nitrogens with zero attached hydrogens (tertiary/aromatic N) is 2. The van der Waals surface area contributed by atoms with Crippen molar-refractivity contribution < 1.29 is 9.60 Å². The topological polar surface area (TPSA) is 9.86 Å². The van der Waals surface area contributed by atoms with Crippen LogP contribution in [0.15, 0.2) is 230 Å². The van der Waals surface area contributed by atoms with E-state index in [0.717, 1.165) is 60.9 Å². The lowest BCUT2D eigenvalue weighted by atomic mass is 9.99. The van der Waals surface area contributed by atoms with Crippen molar-refractivity contribution in [2.75, 3.05) is 0 Å². The van der Waals surface area contributed by atoms with Crippen LogP contribution in [0.4, 0.5) is 0 Å². The number of fused-ring (bicyclic) bond motifs is 7. The molecule has 0 atom stereocenters. The molecule has 0 saturated heterocycles. The van der Waals surface area contributed by atoms with Crippen LogP contribution in [0, 0.1) is 0 Å². The van der Waals surface area contributed by atoms with Crippen LogP contribution in [-0.2, 0) is 0 Å². The van der Waals surface area contributed by atoms with Gasteiger partial charge in [0, 0.05) is 38.5 Å². The fraction of sp³-hybridized carbons (Fsp3) is 0. The number of rotatable bonds is 6. The Morgan fingerprint density at radius 1 is 0.317 bits per heavy atom. The highest BCUT2D eigenvalue weighted by molar-refractivity contribution is 6.15. The molecule has 0 N–H and O–H groups in total. The van der Waals surface area contributed by atoms with Crippen molar-refractivity contribution in [2.45, 2.75) is 0 Å². The van der Waals surface area contributed by atoms with Gasteiger partial charge in [-0.05, 0) is 110 Å². The molecular weight excluding hydrogens is 725 g/mol. The quantitative estimate of drug-likeness (QED) is 0.159. The lowest BCUT2D eigenvalue weighted by molar-refractivity contribution is 1.18. The Balaban J connectivity index is 1.09. The van der Waals surface area contributed by atoms with Crippen LogP contribution in [0.1, 0.15) is 9.60 Å². The zero-order valence-electron chi connectivity index (χ0n) is 39.3. The van der Waals surface area contributed by atoms with Crippen LogP contribution in [-0.4, -0.2) is 9.13 Å². The minimum atomic E-state index is -0.425. The van der Waals surface area contributed by atoms with E-state index in [-0.39, 0.29) is 57.6 Å². The molecule has 0 saturated carbocycles. The van der Waals surface area contributed by atoms with E-state index in [2.05, 4.69) is 102 Å². The Hall–Kier alpha value is -7.94. The third-order valence-corrected chi connectivity index (χ3v) is 11.7. The molecular formula is C58H38N2. The van der Waals surface area contributed by atoms with Gasteiger partial charge >= 0.3 is 0 Å². The van der Waals surface area contributed by atoms with Crippen LogP contribution in [0.5, 0.6) is 0 Å². The number of benzene rings is 10. The maximum Gasteiger partial charge on any atom is 0.0645 e. The van der Waals surface area contributed by atoms with E-state index in [0.29, 0.717) is 11.3 Å². The second-order valence-electron chi connectivity index (χ2n) is 15.2. The van der Waals surface area contributed by atoms with Gasteiger partial charge in [0.2, 0.25) is 0 Å². The van der Waals surface area contributed by atoms with Gasteiger partial charge in [-0.25, -0.2) is 0 Å². The minimum Gasteiger partial charge on any atom is -0.309 e. The average molecular weight is 770 g/mol. The molecule has 0 spiro atoms. The monoisotopic (exact) mass is 769 g/mol. The predicted molar refractivity (Wildman–Crippen MR) is 254 cm³/mol. The van der Waals surface area contributed by atoms with Gasteiger partial charge in [0.15, 0.2) is 0 Å². The summed E-state index contributed by atoms with van der Waals surface area (Å²) >= 11 is 0. The van der Waals surface area contributed by atoms with Gasteiger partial charge in [-0.2, -0.15) is 0 Å². The van der Waals surface area contributed by atoms with Crippen LogP contribution in [0.25, 0.3) is 110 Å². The van der Waals surface area contributed by atoms with Crippen molar-refractivity contribution in [3.8, 4) is 55.9 Å². The first-order valence-electron chi connectivity index (χ1n) is 23.6. The molecule has 0 bridgehead atoms. The van der Waals surface area contributed by atoms with Gasteiger partial charge < -0.3 is 9.13 Å². The van der Waals surface area contributed by atoms with E-state index in [4.69, 9.17) is 2.74 Å². The molecule has 0 fully saturated rings. The van der Waals surface area contributed by atoms with E-state index in [1.165, 1.54) is 10.8 Å². The lowest BCUT2D eigenvalue weighted by Gasteiger charge is -2.13. The SMILES string of the molecule is [2H]c1c([2H])c([2H])c2c(c1[2H])c1c([2H])c(-c3ccc4c(c3)c3cccc(-c5ccccc5)c3n4-c3ccc(-c4ccc5ccccc5c4)cc3)c([2H])c([2H])c1n2-c1cccc(-c2ccccc2)c1.